The third kappa shape index (κ3) is 4.08. The fourth-order valence-corrected chi connectivity index (χ4v) is 3.65. The van der Waals surface area contributed by atoms with Crippen LogP contribution >= 0.6 is 0 Å². The van der Waals surface area contributed by atoms with Crippen LogP contribution in [0.2, 0.25) is 0 Å². The topological polar surface area (TPSA) is 88.7 Å². The van der Waals surface area contributed by atoms with Crippen molar-refractivity contribution in [3.63, 3.8) is 0 Å². The quantitative estimate of drug-likeness (QED) is 0.812. The number of aryl methyl sites for hydroxylation is 1. The highest BCUT2D eigenvalue weighted by Crippen LogP contribution is 2.23. The van der Waals surface area contributed by atoms with Gasteiger partial charge in [0.15, 0.2) is 6.61 Å². The number of rotatable bonds is 5. The molecule has 0 spiro atoms. The number of carbonyl (C=O) groups is 3. The molecule has 0 radical (unpaired) electrons. The highest BCUT2D eigenvalue weighted by molar-refractivity contribution is 5.99. The molecule has 2 heterocycles. The summed E-state index contributed by atoms with van der Waals surface area (Å²) in [6.45, 7) is 9.04. The first-order chi connectivity index (χ1) is 12.3. The van der Waals surface area contributed by atoms with Gasteiger partial charge < -0.3 is 19.4 Å². The van der Waals surface area contributed by atoms with E-state index in [1.165, 1.54) is 0 Å². The van der Waals surface area contributed by atoms with Gasteiger partial charge in [-0.25, -0.2) is 9.59 Å². The van der Waals surface area contributed by atoms with Crippen molar-refractivity contribution in [3.05, 3.63) is 22.5 Å². The minimum Gasteiger partial charge on any atom is -0.462 e. The van der Waals surface area contributed by atoms with Crippen molar-refractivity contribution in [2.24, 2.45) is 0 Å². The molecule has 0 aliphatic carbocycles. The third-order valence-electron chi connectivity index (χ3n) is 4.93. The van der Waals surface area contributed by atoms with Gasteiger partial charge in [0.05, 0.1) is 12.2 Å². The Balaban J connectivity index is 2.05. The number of carbonyl (C=O) groups excluding carboxylic acids is 3. The lowest BCUT2D eigenvalue weighted by molar-refractivity contribution is -0.140. The molecule has 1 saturated heterocycles. The molecule has 1 aliphatic heterocycles. The van der Waals surface area contributed by atoms with Crippen LogP contribution in [0.1, 0.15) is 72.1 Å². The maximum absolute atomic E-state index is 12.5. The summed E-state index contributed by atoms with van der Waals surface area (Å²) >= 11 is 0. The smallest absolute Gasteiger partial charge is 0.355 e. The molecular formula is C19H28N2O5. The Kier molecular flexibility index (Phi) is 6.45. The van der Waals surface area contributed by atoms with E-state index in [9.17, 15) is 14.4 Å². The number of aromatic nitrogens is 1. The minimum absolute atomic E-state index is 0.148. The second kappa shape index (κ2) is 8.38. The number of H-pyrrole nitrogens is 1. The van der Waals surface area contributed by atoms with Gasteiger partial charge in [0.1, 0.15) is 5.69 Å². The Hall–Kier alpha value is -2.31. The van der Waals surface area contributed by atoms with Gasteiger partial charge in [-0.3, -0.25) is 4.79 Å². The molecule has 1 N–H and O–H groups in total. The summed E-state index contributed by atoms with van der Waals surface area (Å²) in [7, 11) is 0. The molecule has 1 aliphatic rings. The lowest BCUT2D eigenvalue weighted by atomic mass is 9.97. The average molecular weight is 364 g/mol. The van der Waals surface area contributed by atoms with Crippen LogP contribution in [0.3, 0.4) is 0 Å². The number of piperidine rings is 1. The van der Waals surface area contributed by atoms with E-state index in [1.807, 2.05) is 13.8 Å². The molecule has 1 fully saturated rings. The lowest BCUT2D eigenvalue weighted by Gasteiger charge is -2.38. The molecule has 0 unspecified atom stereocenters. The molecule has 144 valence electrons. The van der Waals surface area contributed by atoms with Gasteiger partial charge in [-0.05, 0) is 59.4 Å². The molecular weight excluding hydrogens is 336 g/mol. The fourth-order valence-electron chi connectivity index (χ4n) is 3.65. The molecule has 7 heteroatoms. The second-order valence-electron chi connectivity index (χ2n) is 6.85. The van der Waals surface area contributed by atoms with Crippen molar-refractivity contribution < 1.29 is 23.9 Å². The Morgan fingerprint density at radius 3 is 2.27 bits per heavy atom. The van der Waals surface area contributed by atoms with Crippen LogP contribution in [0.4, 0.5) is 0 Å². The van der Waals surface area contributed by atoms with E-state index in [0.717, 1.165) is 19.3 Å². The number of nitrogens with zero attached hydrogens (tertiary/aromatic N) is 1. The molecule has 0 saturated carbocycles. The van der Waals surface area contributed by atoms with Crippen molar-refractivity contribution in [1.29, 1.82) is 0 Å². The zero-order chi connectivity index (χ0) is 19.4. The van der Waals surface area contributed by atoms with E-state index < -0.39 is 11.9 Å². The fraction of sp³-hybridized carbons (Fsp3) is 0.632. The Labute approximate surface area is 154 Å². The van der Waals surface area contributed by atoms with E-state index in [2.05, 4.69) is 4.98 Å². The number of ether oxygens (including phenoxy) is 2. The Bertz CT molecular complexity index is 684. The SMILES string of the molecule is CCOC(=O)c1c(C)[nH]c(C(=O)OCC(=O)N2[C@H](C)CCC[C@@H]2C)c1C. The van der Waals surface area contributed by atoms with Crippen LogP contribution in [-0.4, -0.2) is 53.0 Å². The number of likely N-dealkylation sites (tertiary alicyclic amines) is 1. The van der Waals surface area contributed by atoms with Crippen molar-refractivity contribution in [1.82, 2.24) is 9.88 Å². The van der Waals surface area contributed by atoms with Gasteiger partial charge in [-0.1, -0.05) is 0 Å². The van der Waals surface area contributed by atoms with E-state index in [4.69, 9.17) is 9.47 Å². The monoisotopic (exact) mass is 364 g/mol. The highest BCUT2D eigenvalue weighted by Gasteiger charge is 2.30. The van der Waals surface area contributed by atoms with Crippen LogP contribution in [0, 0.1) is 13.8 Å². The lowest BCUT2D eigenvalue weighted by Crippen LogP contribution is -2.49. The van der Waals surface area contributed by atoms with E-state index in [0.29, 0.717) is 16.8 Å². The standard InChI is InChI=1S/C19H28N2O5/c1-6-25-18(23)16-13(4)17(20-14(16)5)19(24)26-10-15(22)21-11(2)8-7-9-12(21)3/h11-12,20H,6-10H2,1-5H3/t11-,12+. The summed E-state index contributed by atoms with van der Waals surface area (Å²) in [5.74, 6) is -1.32. The van der Waals surface area contributed by atoms with Gasteiger partial charge in [0.2, 0.25) is 0 Å². The molecule has 1 aromatic rings. The summed E-state index contributed by atoms with van der Waals surface area (Å²) in [6, 6.07) is 0.296. The van der Waals surface area contributed by atoms with Crippen LogP contribution in [-0.2, 0) is 14.3 Å². The van der Waals surface area contributed by atoms with Crippen LogP contribution < -0.4 is 0 Å². The number of aromatic amines is 1. The predicted octanol–water partition coefficient (Wildman–Crippen LogP) is 2.75. The summed E-state index contributed by atoms with van der Waals surface area (Å²) in [5, 5.41) is 0. The first-order valence-corrected chi connectivity index (χ1v) is 9.12. The largest absolute Gasteiger partial charge is 0.462 e. The van der Waals surface area contributed by atoms with Crippen LogP contribution in [0.25, 0.3) is 0 Å². The first kappa shape index (κ1) is 20.0. The number of hydrogen-bond donors (Lipinski definition) is 1. The number of esters is 2. The molecule has 1 aromatic heterocycles. The molecule has 2 atom stereocenters. The molecule has 26 heavy (non-hydrogen) atoms. The van der Waals surface area contributed by atoms with Crippen molar-refractivity contribution in [2.45, 2.75) is 66.0 Å². The number of nitrogens with one attached hydrogen (secondary N) is 1. The molecule has 1 amide bonds. The zero-order valence-corrected chi connectivity index (χ0v) is 16.2. The highest BCUT2D eigenvalue weighted by atomic mass is 16.5. The van der Waals surface area contributed by atoms with E-state index in [1.54, 1.807) is 25.7 Å². The average Bonchev–Trinajstić information content (AvgIpc) is 2.87. The van der Waals surface area contributed by atoms with Crippen LogP contribution in [0.15, 0.2) is 0 Å². The summed E-state index contributed by atoms with van der Waals surface area (Å²) in [5.41, 5.74) is 1.53. The van der Waals surface area contributed by atoms with Crippen molar-refractivity contribution >= 4 is 17.8 Å². The van der Waals surface area contributed by atoms with Gasteiger partial charge in [-0.2, -0.15) is 0 Å². The van der Waals surface area contributed by atoms with E-state index in [-0.39, 0.29) is 36.9 Å². The Morgan fingerprint density at radius 2 is 1.69 bits per heavy atom. The maximum Gasteiger partial charge on any atom is 0.355 e. The predicted molar refractivity (Wildman–Crippen MR) is 96.1 cm³/mol. The van der Waals surface area contributed by atoms with E-state index >= 15 is 0 Å². The van der Waals surface area contributed by atoms with Crippen LogP contribution in [0.5, 0.6) is 0 Å². The molecule has 0 bridgehead atoms. The molecule has 7 nitrogen and oxygen atoms in total. The van der Waals surface area contributed by atoms with Gasteiger partial charge in [0, 0.05) is 17.8 Å². The van der Waals surface area contributed by atoms with Gasteiger partial charge >= 0.3 is 11.9 Å². The minimum atomic E-state index is -0.646. The summed E-state index contributed by atoms with van der Waals surface area (Å²) in [6.07, 6.45) is 3.02. The zero-order valence-electron chi connectivity index (χ0n) is 16.2. The second-order valence-corrected chi connectivity index (χ2v) is 6.85. The first-order valence-electron chi connectivity index (χ1n) is 9.12. The molecule has 2 rings (SSSR count). The van der Waals surface area contributed by atoms with Gasteiger partial charge in [0.25, 0.3) is 5.91 Å². The normalized spacial score (nSPS) is 20.0. The van der Waals surface area contributed by atoms with Crippen molar-refractivity contribution in [3.8, 4) is 0 Å². The molecule has 0 aromatic carbocycles. The third-order valence-corrected chi connectivity index (χ3v) is 4.93. The number of amides is 1. The summed E-state index contributed by atoms with van der Waals surface area (Å²) < 4.78 is 10.2. The Morgan fingerprint density at radius 1 is 1.08 bits per heavy atom. The maximum atomic E-state index is 12.5. The van der Waals surface area contributed by atoms with Gasteiger partial charge in [-0.15, -0.1) is 0 Å². The number of hydrogen-bond acceptors (Lipinski definition) is 5. The van der Waals surface area contributed by atoms with Crippen molar-refractivity contribution in [2.75, 3.05) is 13.2 Å². The summed E-state index contributed by atoms with van der Waals surface area (Å²) in [4.78, 5) is 41.5.